The lowest BCUT2D eigenvalue weighted by molar-refractivity contribution is -0.137. The van der Waals surface area contributed by atoms with Gasteiger partial charge in [-0.05, 0) is 60.0 Å². The van der Waals surface area contributed by atoms with E-state index >= 15 is 0 Å². The molecule has 6 nitrogen and oxygen atoms in total. The first-order valence-electron chi connectivity index (χ1n) is 10.9. The van der Waals surface area contributed by atoms with Crippen molar-refractivity contribution in [3.05, 3.63) is 102 Å². The Morgan fingerprint density at radius 2 is 1.69 bits per heavy atom. The Hall–Kier alpha value is -3.63. The summed E-state index contributed by atoms with van der Waals surface area (Å²) in [5, 5.41) is 2.67. The molecule has 2 N–H and O–H groups in total. The highest BCUT2D eigenvalue weighted by atomic mass is 32.2. The molecule has 3 rings (SSSR count). The third-order valence-corrected chi connectivity index (χ3v) is 6.72. The zero-order chi connectivity index (χ0) is 26.2. The number of sulfonamides is 1. The van der Waals surface area contributed by atoms with Gasteiger partial charge in [0.1, 0.15) is 5.75 Å². The predicted molar refractivity (Wildman–Crippen MR) is 131 cm³/mol. The molecular weight excluding hydrogens is 493 g/mol. The molecule has 0 unspecified atom stereocenters. The van der Waals surface area contributed by atoms with Crippen LogP contribution in [0.15, 0.2) is 89.8 Å². The van der Waals surface area contributed by atoms with Gasteiger partial charge in [0.05, 0.1) is 17.6 Å². The Morgan fingerprint density at radius 3 is 2.33 bits per heavy atom. The summed E-state index contributed by atoms with van der Waals surface area (Å²) in [6, 6.07) is 18.6. The molecule has 3 aromatic carbocycles. The van der Waals surface area contributed by atoms with E-state index in [0.717, 1.165) is 23.3 Å². The van der Waals surface area contributed by atoms with Gasteiger partial charge in [-0.15, -0.1) is 0 Å². The molecule has 0 saturated carbocycles. The maximum Gasteiger partial charge on any atom is 0.416 e. The summed E-state index contributed by atoms with van der Waals surface area (Å²) in [5.74, 6) is 0.197. The molecule has 0 spiro atoms. The van der Waals surface area contributed by atoms with Crippen LogP contribution < -0.4 is 14.8 Å². The van der Waals surface area contributed by atoms with Crippen molar-refractivity contribution in [1.82, 2.24) is 10.0 Å². The minimum absolute atomic E-state index is 0.0456. The van der Waals surface area contributed by atoms with Gasteiger partial charge in [-0.2, -0.15) is 13.2 Å². The number of hydrogen-bond acceptors (Lipinski definition) is 4. The third kappa shape index (κ3) is 7.96. The second kappa shape index (κ2) is 11.9. The van der Waals surface area contributed by atoms with Gasteiger partial charge in [0.25, 0.3) is 0 Å². The van der Waals surface area contributed by atoms with Crippen LogP contribution in [0.4, 0.5) is 13.2 Å². The van der Waals surface area contributed by atoms with Crippen LogP contribution in [0.25, 0.3) is 6.08 Å². The molecule has 0 aliphatic heterocycles. The van der Waals surface area contributed by atoms with Gasteiger partial charge in [0.15, 0.2) is 0 Å². The summed E-state index contributed by atoms with van der Waals surface area (Å²) in [4.78, 5) is 12.1. The molecule has 0 fully saturated rings. The fourth-order valence-electron chi connectivity index (χ4n) is 3.36. The highest BCUT2D eigenvalue weighted by Crippen LogP contribution is 2.29. The number of hydrogen-bond donors (Lipinski definition) is 2. The Kier molecular flexibility index (Phi) is 8.89. The minimum Gasteiger partial charge on any atom is -0.497 e. The second-order valence-corrected chi connectivity index (χ2v) is 9.60. The van der Waals surface area contributed by atoms with Crippen molar-refractivity contribution in [1.29, 1.82) is 0 Å². The molecule has 190 valence electrons. The Bertz CT molecular complexity index is 1290. The Morgan fingerprint density at radius 1 is 1.00 bits per heavy atom. The minimum atomic E-state index is -4.58. The average molecular weight is 519 g/mol. The second-order valence-electron chi connectivity index (χ2n) is 7.89. The van der Waals surface area contributed by atoms with Crippen LogP contribution in [-0.4, -0.2) is 34.0 Å². The third-order valence-electron chi connectivity index (χ3n) is 5.18. The van der Waals surface area contributed by atoms with Crippen LogP contribution in [0.2, 0.25) is 0 Å². The number of benzene rings is 3. The summed E-state index contributed by atoms with van der Waals surface area (Å²) in [7, 11) is -2.62. The number of methoxy groups -OCH3 is 1. The fourth-order valence-corrected chi connectivity index (χ4v) is 4.60. The lowest BCUT2D eigenvalue weighted by atomic mass is 10.1. The summed E-state index contributed by atoms with van der Waals surface area (Å²) < 4.78 is 71.9. The van der Waals surface area contributed by atoms with Crippen LogP contribution in [0.3, 0.4) is 0 Å². The quantitative estimate of drug-likeness (QED) is 0.389. The Balaban J connectivity index is 1.71. The van der Waals surface area contributed by atoms with E-state index in [1.165, 1.54) is 13.2 Å². The first-order valence-corrected chi connectivity index (χ1v) is 12.4. The highest BCUT2D eigenvalue weighted by molar-refractivity contribution is 7.89. The first-order chi connectivity index (χ1) is 17.1. The van der Waals surface area contributed by atoms with E-state index in [9.17, 15) is 26.4 Å². The lowest BCUT2D eigenvalue weighted by Crippen LogP contribution is -2.44. The fraction of sp³-hybridized carbons (Fsp3) is 0.192. The van der Waals surface area contributed by atoms with Gasteiger partial charge in [-0.25, -0.2) is 13.1 Å². The zero-order valence-corrected chi connectivity index (χ0v) is 20.1. The van der Waals surface area contributed by atoms with Gasteiger partial charge in [-0.1, -0.05) is 42.5 Å². The van der Waals surface area contributed by atoms with Gasteiger partial charge in [0, 0.05) is 18.7 Å². The monoisotopic (exact) mass is 518 g/mol. The number of carbonyl (C=O) groups excluding carboxylic acids is 1. The van der Waals surface area contributed by atoms with Crippen molar-refractivity contribution < 1.29 is 31.1 Å². The van der Waals surface area contributed by atoms with Crippen molar-refractivity contribution in [2.75, 3.05) is 13.7 Å². The van der Waals surface area contributed by atoms with Crippen molar-refractivity contribution in [3.63, 3.8) is 0 Å². The molecule has 36 heavy (non-hydrogen) atoms. The molecule has 10 heteroatoms. The molecule has 1 amide bonds. The SMILES string of the molecule is COc1cccc(/C=C/C(=O)NC[C@@H](Cc2ccccc2)NS(=O)(=O)c2ccc(C(F)(F)F)cc2)c1. The van der Waals surface area contributed by atoms with E-state index in [1.807, 2.05) is 18.2 Å². The van der Waals surface area contributed by atoms with E-state index in [2.05, 4.69) is 10.0 Å². The largest absolute Gasteiger partial charge is 0.497 e. The maximum atomic E-state index is 12.9. The van der Waals surface area contributed by atoms with Crippen molar-refractivity contribution >= 4 is 22.0 Å². The number of nitrogens with one attached hydrogen (secondary N) is 2. The summed E-state index contributed by atoms with van der Waals surface area (Å²) in [6.45, 7) is -0.0456. The number of amides is 1. The van der Waals surface area contributed by atoms with Gasteiger partial charge in [0.2, 0.25) is 15.9 Å². The van der Waals surface area contributed by atoms with Gasteiger partial charge in [-0.3, -0.25) is 4.79 Å². The molecule has 0 radical (unpaired) electrons. The molecule has 0 bridgehead atoms. The topological polar surface area (TPSA) is 84.5 Å². The van der Waals surface area contributed by atoms with Crippen molar-refractivity contribution in [2.24, 2.45) is 0 Å². The molecule has 0 saturated heterocycles. The van der Waals surface area contributed by atoms with E-state index in [4.69, 9.17) is 4.74 Å². The van der Waals surface area contributed by atoms with E-state index in [-0.39, 0.29) is 17.9 Å². The van der Waals surface area contributed by atoms with Gasteiger partial charge < -0.3 is 10.1 Å². The van der Waals surface area contributed by atoms with E-state index < -0.39 is 33.7 Å². The number of rotatable bonds is 10. The number of ether oxygens (including phenoxy) is 1. The number of halogens is 3. The molecule has 0 aromatic heterocycles. The number of alkyl halides is 3. The smallest absolute Gasteiger partial charge is 0.416 e. The van der Waals surface area contributed by atoms with E-state index in [0.29, 0.717) is 17.9 Å². The first kappa shape index (κ1) is 27.0. The highest BCUT2D eigenvalue weighted by Gasteiger charge is 2.31. The zero-order valence-electron chi connectivity index (χ0n) is 19.3. The number of carbonyl (C=O) groups is 1. The standard InChI is InChI=1S/C26H25F3N2O4S/c1-35-23-9-5-8-20(17-23)10-15-25(32)30-18-22(16-19-6-3-2-4-7-19)31-36(33,34)24-13-11-21(12-14-24)26(27,28)29/h2-15,17,22,31H,16,18H2,1H3,(H,30,32)/b15-10+/t22-/m1/s1. The predicted octanol–water partition coefficient (Wildman–Crippen LogP) is 4.43. The molecule has 0 aliphatic rings. The van der Waals surface area contributed by atoms with Crippen LogP contribution >= 0.6 is 0 Å². The Labute approximate surface area is 207 Å². The van der Waals surface area contributed by atoms with Crippen molar-refractivity contribution in [3.8, 4) is 5.75 Å². The van der Waals surface area contributed by atoms with Crippen LogP contribution in [-0.2, 0) is 27.4 Å². The molecule has 0 aliphatic carbocycles. The van der Waals surface area contributed by atoms with Crippen LogP contribution in [0.1, 0.15) is 16.7 Å². The summed E-state index contributed by atoms with van der Waals surface area (Å²) in [5.41, 5.74) is 0.615. The average Bonchev–Trinajstić information content (AvgIpc) is 2.86. The molecule has 1 atom stereocenters. The van der Waals surface area contributed by atoms with E-state index in [1.54, 1.807) is 42.5 Å². The maximum absolute atomic E-state index is 12.9. The van der Waals surface area contributed by atoms with Crippen LogP contribution in [0, 0.1) is 0 Å². The molecule has 0 heterocycles. The summed E-state index contributed by atoms with van der Waals surface area (Å²) in [6.07, 6.45) is -1.41. The lowest BCUT2D eigenvalue weighted by Gasteiger charge is -2.19. The molecule has 3 aromatic rings. The van der Waals surface area contributed by atoms with Gasteiger partial charge >= 0.3 is 6.18 Å². The van der Waals surface area contributed by atoms with Crippen LogP contribution in [0.5, 0.6) is 5.75 Å². The normalized spacial score (nSPS) is 12.9. The summed E-state index contributed by atoms with van der Waals surface area (Å²) >= 11 is 0. The molecular formula is C26H25F3N2O4S. The van der Waals surface area contributed by atoms with Crippen molar-refractivity contribution in [2.45, 2.75) is 23.5 Å².